The molecule has 1 saturated heterocycles. The van der Waals surface area contributed by atoms with Crippen LogP contribution in [0.25, 0.3) is 0 Å². The Morgan fingerprint density at radius 3 is 2.89 bits per heavy atom. The van der Waals surface area contributed by atoms with Gasteiger partial charge in [0.25, 0.3) is 5.91 Å². The minimum atomic E-state index is -0.0408. The SMILES string of the molecule is CC1OCCC1NC(=O)c1cc(N)cn1C1CC1. The highest BCUT2D eigenvalue weighted by atomic mass is 16.5. The van der Waals surface area contributed by atoms with E-state index in [1.54, 1.807) is 6.07 Å². The van der Waals surface area contributed by atoms with Crippen molar-refractivity contribution >= 4 is 11.6 Å². The van der Waals surface area contributed by atoms with E-state index in [-0.39, 0.29) is 18.1 Å². The van der Waals surface area contributed by atoms with Crippen LogP contribution in [0.5, 0.6) is 0 Å². The minimum Gasteiger partial charge on any atom is -0.397 e. The molecule has 5 heteroatoms. The molecule has 0 aromatic carbocycles. The summed E-state index contributed by atoms with van der Waals surface area (Å²) >= 11 is 0. The summed E-state index contributed by atoms with van der Waals surface area (Å²) in [5.74, 6) is -0.0408. The molecule has 0 spiro atoms. The van der Waals surface area contributed by atoms with Crippen molar-refractivity contribution in [3.63, 3.8) is 0 Å². The van der Waals surface area contributed by atoms with Crippen molar-refractivity contribution in [2.75, 3.05) is 12.3 Å². The lowest BCUT2D eigenvalue weighted by Gasteiger charge is -2.16. The van der Waals surface area contributed by atoms with Gasteiger partial charge in [0.15, 0.2) is 0 Å². The topological polar surface area (TPSA) is 69.3 Å². The van der Waals surface area contributed by atoms with Crippen LogP contribution in [0.1, 0.15) is 42.7 Å². The van der Waals surface area contributed by atoms with Gasteiger partial charge in [0.05, 0.1) is 17.8 Å². The third kappa shape index (κ3) is 2.10. The summed E-state index contributed by atoms with van der Waals surface area (Å²) in [4.78, 5) is 12.3. The number of rotatable bonds is 3. The fraction of sp³-hybridized carbons (Fsp3) is 0.615. The van der Waals surface area contributed by atoms with Crippen LogP contribution >= 0.6 is 0 Å². The molecule has 2 heterocycles. The standard InChI is InChI=1S/C13H19N3O2/c1-8-11(4-5-18-8)15-13(17)12-6-9(14)7-16(12)10-2-3-10/h6-8,10-11H,2-5,14H2,1H3,(H,15,17). The Morgan fingerprint density at radius 1 is 1.50 bits per heavy atom. The lowest BCUT2D eigenvalue weighted by molar-refractivity contribution is 0.0858. The average Bonchev–Trinajstić information content (AvgIpc) is 3.00. The molecule has 3 rings (SSSR count). The first-order valence-corrected chi connectivity index (χ1v) is 6.55. The quantitative estimate of drug-likeness (QED) is 0.848. The van der Waals surface area contributed by atoms with E-state index in [9.17, 15) is 4.79 Å². The van der Waals surface area contributed by atoms with Gasteiger partial charge in [-0.3, -0.25) is 4.79 Å². The number of hydrogen-bond donors (Lipinski definition) is 2. The number of nitrogen functional groups attached to an aromatic ring is 1. The molecule has 18 heavy (non-hydrogen) atoms. The summed E-state index contributed by atoms with van der Waals surface area (Å²) in [5, 5.41) is 3.04. The number of nitrogens with one attached hydrogen (secondary N) is 1. The van der Waals surface area contributed by atoms with E-state index < -0.39 is 0 Å². The van der Waals surface area contributed by atoms with Crippen LogP contribution in [0.2, 0.25) is 0 Å². The van der Waals surface area contributed by atoms with Gasteiger partial charge in [-0.05, 0) is 32.3 Å². The number of hydrogen-bond acceptors (Lipinski definition) is 3. The third-order valence-electron chi connectivity index (χ3n) is 3.74. The first-order chi connectivity index (χ1) is 8.65. The molecule has 5 nitrogen and oxygen atoms in total. The molecule has 1 saturated carbocycles. The van der Waals surface area contributed by atoms with Crippen molar-refractivity contribution in [1.29, 1.82) is 0 Å². The van der Waals surface area contributed by atoms with Crippen molar-refractivity contribution in [1.82, 2.24) is 9.88 Å². The van der Waals surface area contributed by atoms with Gasteiger partial charge in [0.1, 0.15) is 5.69 Å². The van der Waals surface area contributed by atoms with Crippen LogP contribution in [0.3, 0.4) is 0 Å². The average molecular weight is 249 g/mol. The Hall–Kier alpha value is -1.49. The summed E-state index contributed by atoms with van der Waals surface area (Å²) in [5.41, 5.74) is 7.12. The minimum absolute atomic E-state index is 0.0408. The van der Waals surface area contributed by atoms with Crippen molar-refractivity contribution in [3.05, 3.63) is 18.0 Å². The monoisotopic (exact) mass is 249 g/mol. The van der Waals surface area contributed by atoms with Gasteiger partial charge in [0, 0.05) is 18.8 Å². The molecule has 1 aliphatic carbocycles. The second kappa shape index (κ2) is 4.31. The zero-order valence-corrected chi connectivity index (χ0v) is 10.6. The molecule has 2 atom stereocenters. The highest BCUT2D eigenvalue weighted by Gasteiger charge is 2.30. The Balaban J connectivity index is 1.75. The van der Waals surface area contributed by atoms with Gasteiger partial charge in [-0.15, -0.1) is 0 Å². The van der Waals surface area contributed by atoms with Gasteiger partial charge in [-0.2, -0.15) is 0 Å². The van der Waals surface area contributed by atoms with Crippen molar-refractivity contribution < 1.29 is 9.53 Å². The van der Waals surface area contributed by atoms with Crippen LogP contribution < -0.4 is 11.1 Å². The Kier molecular flexibility index (Phi) is 2.78. The fourth-order valence-electron chi connectivity index (χ4n) is 2.50. The summed E-state index contributed by atoms with van der Waals surface area (Å²) < 4.78 is 7.46. The number of nitrogens with two attached hydrogens (primary N) is 1. The summed E-state index contributed by atoms with van der Waals surface area (Å²) in [6.07, 6.45) is 5.11. The van der Waals surface area contributed by atoms with Crippen molar-refractivity contribution in [2.45, 2.75) is 44.4 Å². The molecule has 1 aromatic rings. The van der Waals surface area contributed by atoms with Crippen LogP contribution in [-0.2, 0) is 4.74 Å². The maximum absolute atomic E-state index is 12.3. The number of anilines is 1. The highest BCUT2D eigenvalue weighted by molar-refractivity contribution is 5.94. The predicted octanol–water partition coefficient (Wildman–Crippen LogP) is 1.31. The van der Waals surface area contributed by atoms with Gasteiger partial charge >= 0.3 is 0 Å². The lowest BCUT2D eigenvalue weighted by atomic mass is 10.1. The molecule has 1 amide bonds. The Labute approximate surface area is 106 Å². The molecule has 2 aliphatic rings. The molecular weight excluding hydrogens is 230 g/mol. The molecule has 0 bridgehead atoms. The normalized spacial score (nSPS) is 27.4. The second-order valence-electron chi connectivity index (χ2n) is 5.24. The van der Waals surface area contributed by atoms with E-state index >= 15 is 0 Å². The smallest absolute Gasteiger partial charge is 0.268 e. The Bertz CT molecular complexity index is 465. The maximum Gasteiger partial charge on any atom is 0.268 e. The molecule has 0 radical (unpaired) electrons. The maximum atomic E-state index is 12.3. The van der Waals surface area contributed by atoms with Crippen LogP contribution in [0.15, 0.2) is 12.3 Å². The number of nitrogens with zero attached hydrogens (tertiary/aromatic N) is 1. The molecular formula is C13H19N3O2. The molecule has 1 aliphatic heterocycles. The summed E-state index contributed by atoms with van der Waals surface area (Å²) in [7, 11) is 0. The van der Waals surface area contributed by atoms with Gasteiger partial charge in [0.2, 0.25) is 0 Å². The van der Waals surface area contributed by atoms with E-state index in [0.717, 1.165) is 25.9 Å². The lowest BCUT2D eigenvalue weighted by Crippen LogP contribution is -2.39. The molecule has 1 aromatic heterocycles. The zero-order chi connectivity index (χ0) is 12.7. The number of carbonyl (C=O) groups excluding carboxylic acids is 1. The van der Waals surface area contributed by atoms with Crippen LogP contribution in [0.4, 0.5) is 5.69 Å². The fourth-order valence-corrected chi connectivity index (χ4v) is 2.50. The van der Waals surface area contributed by atoms with Gasteiger partial charge < -0.3 is 20.4 Å². The molecule has 2 fully saturated rings. The first-order valence-electron chi connectivity index (χ1n) is 6.55. The number of ether oxygens (including phenoxy) is 1. The van der Waals surface area contributed by atoms with E-state index in [4.69, 9.17) is 10.5 Å². The highest BCUT2D eigenvalue weighted by Crippen LogP contribution is 2.37. The second-order valence-corrected chi connectivity index (χ2v) is 5.24. The molecule has 3 N–H and O–H groups in total. The summed E-state index contributed by atoms with van der Waals surface area (Å²) in [6.45, 7) is 2.71. The number of amides is 1. The van der Waals surface area contributed by atoms with E-state index in [2.05, 4.69) is 5.32 Å². The van der Waals surface area contributed by atoms with E-state index in [0.29, 0.717) is 17.4 Å². The van der Waals surface area contributed by atoms with Gasteiger partial charge in [-0.1, -0.05) is 0 Å². The number of aromatic nitrogens is 1. The largest absolute Gasteiger partial charge is 0.397 e. The van der Waals surface area contributed by atoms with E-state index in [1.165, 1.54) is 0 Å². The van der Waals surface area contributed by atoms with Crippen LogP contribution in [0, 0.1) is 0 Å². The molecule has 2 unspecified atom stereocenters. The van der Waals surface area contributed by atoms with Crippen molar-refractivity contribution in [2.24, 2.45) is 0 Å². The third-order valence-corrected chi connectivity index (χ3v) is 3.74. The Morgan fingerprint density at radius 2 is 2.28 bits per heavy atom. The number of carbonyl (C=O) groups is 1. The summed E-state index contributed by atoms with van der Waals surface area (Å²) in [6, 6.07) is 2.33. The predicted molar refractivity (Wildman–Crippen MR) is 68.4 cm³/mol. The van der Waals surface area contributed by atoms with Crippen molar-refractivity contribution in [3.8, 4) is 0 Å². The molecule has 98 valence electrons. The first kappa shape index (κ1) is 11.6. The van der Waals surface area contributed by atoms with Gasteiger partial charge in [-0.25, -0.2) is 0 Å². The van der Waals surface area contributed by atoms with E-state index in [1.807, 2.05) is 17.7 Å². The zero-order valence-electron chi connectivity index (χ0n) is 10.6. The van der Waals surface area contributed by atoms with Crippen LogP contribution in [-0.4, -0.2) is 29.2 Å².